The van der Waals surface area contributed by atoms with Crippen molar-refractivity contribution in [1.82, 2.24) is 4.98 Å². The Kier molecular flexibility index (Phi) is 4.42. The van der Waals surface area contributed by atoms with E-state index in [4.69, 9.17) is 13.9 Å². The molecule has 0 atom stereocenters. The molecule has 128 valence electrons. The van der Waals surface area contributed by atoms with E-state index in [1.165, 1.54) is 12.8 Å². The SMILES string of the molecule is COc1ccc(-c2ccc(-c3ccncc3)o2)cc1OC1CCCC1. The van der Waals surface area contributed by atoms with Crippen LogP contribution in [0.25, 0.3) is 22.6 Å². The maximum atomic E-state index is 6.18. The van der Waals surface area contributed by atoms with Crippen LogP contribution in [-0.4, -0.2) is 18.2 Å². The summed E-state index contributed by atoms with van der Waals surface area (Å²) >= 11 is 0. The minimum Gasteiger partial charge on any atom is -0.493 e. The van der Waals surface area contributed by atoms with Gasteiger partial charge in [0.15, 0.2) is 11.5 Å². The van der Waals surface area contributed by atoms with Gasteiger partial charge in [0.1, 0.15) is 11.5 Å². The Hall–Kier alpha value is -2.75. The van der Waals surface area contributed by atoms with Crippen LogP contribution in [0.3, 0.4) is 0 Å². The fraction of sp³-hybridized carbons (Fsp3) is 0.286. The van der Waals surface area contributed by atoms with E-state index in [1.54, 1.807) is 19.5 Å². The highest BCUT2D eigenvalue weighted by Crippen LogP contribution is 2.36. The third kappa shape index (κ3) is 3.38. The number of rotatable bonds is 5. The van der Waals surface area contributed by atoms with E-state index in [0.29, 0.717) is 0 Å². The second-order valence-corrected chi connectivity index (χ2v) is 6.29. The highest BCUT2D eigenvalue weighted by atomic mass is 16.5. The predicted octanol–water partition coefficient (Wildman–Crippen LogP) is 5.34. The Morgan fingerprint density at radius 1 is 0.880 bits per heavy atom. The maximum absolute atomic E-state index is 6.18. The smallest absolute Gasteiger partial charge is 0.162 e. The van der Waals surface area contributed by atoms with Gasteiger partial charge < -0.3 is 13.9 Å². The van der Waals surface area contributed by atoms with Crippen LogP contribution in [0.2, 0.25) is 0 Å². The van der Waals surface area contributed by atoms with Crippen molar-refractivity contribution in [1.29, 1.82) is 0 Å². The molecule has 0 bridgehead atoms. The highest BCUT2D eigenvalue weighted by Gasteiger charge is 2.19. The lowest BCUT2D eigenvalue weighted by molar-refractivity contribution is 0.201. The first-order valence-corrected chi connectivity index (χ1v) is 8.69. The van der Waals surface area contributed by atoms with Crippen LogP contribution in [0.15, 0.2) is 59.3 Å². The lowest BCUT2D eigenvalue weighted by Gasteiger charge is -2.16. The normalized spacial score (nSPS) is 14.6. The van der Waals surface area contributed by atoms with E-state index in [0.717, 1.165) is 47.0 Å². The molecular weight excluding hydrogens is 314 g/mol. The van der Waals surface area contributed by atoms with Crippen LogP contribution < -0.4 is 9.47 Å². The molecule has 1 aromatic carbocycles. The summed E-state index contributed by atoms with van der Waals surface area (Å²) in [7, 11) is 1.67. The van der Waals surface area contributed by atoms with Crippen molar-refractivity contribution < 1.29 is 13.9 Å². The second kappa shape index (κ2) is 7.01. The zero-order valence-electron chi connectivity index (χ0n) is 14.3. The van der Waals surface area contributed by atoms with Crippen LogP contribution in [-0.2, 0) is 0 Å². The third-order valence-corrected chi connectivity index (χ3v) is 4.61. The van der Waals surface area contributed by atoms with Crippen molar-refractivity contribution >= 4 is 0 Å². The zero-order chi connectivity index (χ0) is 17.1. The molecular formula is C21H21NO3. The molecule has 0 unspecified atom stereocenters. The molecule has 4 heteroatoms. The zero-order valence-corrected chi connectivity index (χ0v) is 14.3. The van der Waals surface area contributed by atoms with Crippen LogP contribution in [0, 0.1) is 0 Å². The number of methoxy groups -OCH3 is 1. The number of hydrogen-bond acceptors (Lipinski definition) is 4. The summed E-state index contributed by atoms with van der Waals surface area (Å²) in [5.41, 5.74) is 1.99. The lowest BCUT2D eigenvalue weighted by atomic mass is 10.1. The topological polar surface area (TPSA) is 44.5 Å². The summed E-state index contributed by atoms with van der Waals surface area (Å²) in [5.74, 6) is 3.18. The van der Waals surface area contributed by atoms with E-state index >= 15 is 0 Å². The molecule has 2 heterocycles. The van der Waals surface area contributed by atoms with E-state index in [-0.39, 0.29) is 6.10 Å². The third-order valence-electron chi connectivity index (χ3n) is 4.61. The van der Waals surface area contributed by atoms with E-state index in [1.807, 2.05) is 42.5 Å². The number of benzene rings is 1. The van der Waals surface area contributed by atoms with Crippen molar-refractivity contribution in [2.75, 3.05) is 7.11 Å². The highest BCUT2D eigenvalue weighted by molar-refractivity contribution is 5.67. The quantitative estimate of drug-likeness (QED) is 0.631. The van der Waals surface area contributed by atoms with E-state index in [9.17, 15) is 0 Å². The molecule has 1 aliphatic rings. The van der Waals surface area contributed by atoms with Gasteiger partial charge in [-0.25, -0.2) is 0 Å². The van der Waals surface area contributed by atoms with Gasteiger partial charge in [-0.3, -0.25) is 4.98 Å². The van der Waals surface area contributed by atoms with E-state index < -0.39 is 0 Å². The monoisotopic (exact) mass is 335 g/mol. The van der Waals surface area contributed by atoms with Gasteiger partial charge in [-0.2, -0.15) is 0 Å². The summed E-state index contributed by atoms with van der Waals surface area (Å²) in [6.07, 6.45) is 8.51. The molecule has 0 aliphatic heterocycles. The van der Waals surface area contributed by atoms with Gasteiger partial charge in [-0.05, 0) is 68.1 Å². The molecule has 3 aromatic rings. The fourth-order valence-corrected chi connectivity index (χ4v) is 3.27. The van der Waals surface area contributed by atoms with Gasteiger partial charge in [-0.15, -0.1) is 0 Å². The minimum absolute atomic E-state index is 0.285. The van der Waals surface area contributed by atoms with Gasteiger partial charge in [0, 0.05) is 23.5 Å². The average Bonchev–Trinajstić information content (AvgIpc) is 3.34. The summed E-state index contributed by atoms with van der Waals surface area (Å²) in [6.45, 7) is 0. The molecule has 25 heavy (non-hydrogen) atoms. The van der Waals surface area contributed by atoms with Gasteiger partial charge in [0.05, 0.1) is 13.2 Å². The summed E-state index contributed by atoms with van der Waals surface area (Å²) in [5, 5.41) is 0. The largest absolute Gasteiger partial charge is 0.493 e. The van der Waals surface area contributed by atoms with Crippen LogP contribution in [0.1, 0.15) is 25.7 Å². The molecule has 2 aromatic heterocycles. The first-order valence-electron chi connectivity index (χ1n) is 8.69. The minimum atomic E-state index is 0.285. The fourth-order valence-electron chi connectivity index (χ4n) is 3.27. The van der Waals surface area contributed by atoms with Crippen LogP contribution in [0.5, 0.6) is 11.5 Å². The van der Waals surface area contributed by atoms with Gasteiger partial charge in [-0.1, -0.05) is 0 Å². The van der Waals surface area contributed by atoms with Gasteiger partial charge in [0.25, 0.3) is 0 Å². The predicted molar refractivity (Wildman–Crippen MR) is 96.8 cm³/mol. The number of ether oxygens (including phenoxy) is 2. The van der Waals surface area contributed by atoms with Crippen molar-refractivity contribution in [3.05, 3.63) is 54.9 Å². The lowest BCUT2D eigenvalue weighted by Crippen LogP contribution is -2.11. The van der Waals surface area contributed by atoms with Crippen LogP contribution in [0.4, 0.5) is 0 Å². The van der Waals surface area contributed by atoms with Gasteiger partial charge >= 0.3 is 0 Å². The van der Waals surface area contributed by atoms with Crippen molar-refractivity contribution in [3.8, 4) is 34.1 Å². The number of aromatic nitrogens is 1. The van der Waals surface area contributed by atoms with Crippen molar-refractivity contribution in [3.63, 3.8) is 0 Å². The molecule has 1 saturated carbocycles. The summed E-state index contributed by atoms with van der Waals surface area (Å²) in [4.78, 5) is 4.04. The summed E-state index contributed by atoms with van der Waals surface area (Å²) < 4.78 is 17.7. The molecule has 4 nitrogen and oxygen atoms in total. The number of hydrogen-bond donors (Lipinski definition) is 0. The summed E-state index contributed by atoms with van der Waals surface area (Å²) in [6, 6.07) is 13.8. The molecule has 4 rings (SSSR count). The van der Waals surface area contributed by atoms with E-state index in [2.05, 4.69) is 4.98 Å². The Balaban J connectivity index is 1.63. The molecule has 0 spiro atoms. The molecule has 0 saturated heterocycles. The Labute approximate surface area is 147 Å². The Morgan fingerprint density at radius 3 is 2.32 bits per heavy atom. The first-order chi connectivity index (χ1) is 12.3. The van der Waals surface area contributed by atoms with Gasteiger partial charge in [0.2, 0.25) is 0 Å². The van der Waals surface area contributed by atoms with Crippen molar-refractivity contribution in [2.24, 2.45) is 0 Å². The second-order valence-electron chi connectivity index (χ2n) is 6.29. The van der Waals surface area contributed by atoms with Crippen molar-refractivity contribution in [2.45, 2.75) is 31.8 Å². The first kappa shape index (κ1) is 15.8. The Morgan fingerprint density at radius 2 is 1.60 bits per heavy atom. The molecule has 1 fully saturated rings. The molecule has 0 N–H and O–H groups in total. The maximum Gasteiger partial charge on any atom is 0.162 e. The molecule has 0 amide bonds. The van der Waals surface area contributed by atoms with Crippen LogP contribution >= 0.6 is 0 Å². The number of pyridine rings is 1. The molecule has 1 aliphatic carbocycles. The molecule has 0 radical (unpaired) electrons. The average molecular weight is 335 g/mol. The number of nitrogens with zero attached hydrogens (tertiary/aromatic N) is 1. The standard InChI is InChI=1S/C21H21NO3/c1-23-20-7-6-16(14-21(20)24-17-4-2-3-5-17)19-9-8-18(25-19)15-10-12-22-13-11-15/h6-14,17H,2-5H2,1H3. The Bertz CT molecular complexity index is 835. The number of furan rings is 1.